The molecule has 3 unspecified atom stereocenters. The maximum atomic E-state index is 12.8. The minimum atomic E-state index is 0.0842. The molecule has 0 radical (unpaired) electrons. The van der Waals surface area contributed by atoms with Crippen LogP contribution in [-0.4, -0.2) is 57.4 Å². The molecule has 1 fully saturated rings. The Kier molecular flexibility index (Phi) is 8.11. The number of rotatable bonds is 8. The van der Waals surface area contributed by atoms with Gasteiger partial charge in [-0.05, 0) is 38.6 Å². The summed E-state index contributed by atoms with van der Waals surface area (Å²) in [5.41, 5.74) is 5.76. The third-order valence-corrected chi connectivity index (χ3v) is 4.22. The summed E-state index contributed by atoms with van der Waals surface area (Å²) in [6.45, 7) is 4.47. The Balaban J connectivity index is 2.65. The van der Waals surface area contributed by atoms with Crippen LogP contribution < -0.4 is 5.73 Å². The molecule has 20 heavy (non-hydrogen) atoms. The summed E-state index contributed by atoms with van der Waals surface area (Å²) < 4.78 is 10.3. The van der Waals surface area contributed by atoms with E-state index in [-0.39, 0.29) is 17.9 Å². The van der Waals surface area contributed by atoms with Crippen molar-refractivity contribution in [2.24, 2.45) is 17.6 Å². The summed E-state index contributed by atoms with van der Waals surface area (Å²) in [7, 11) is 3.33. The molecular weight excluding hydrogens is 256 g/mol. The fraction of sp³-hybridized carbons (Fsp3) is 0.933. The number of nitrogens with two attached hydrogens (primary N) is 1. The maximum absolute atomic E-state index is 12.8. The average molecular weight is 286 g/mol. The fourth-order valence-electron chi connectivity index (χ4n) is 3.03. The van der Waals surface area contributed by atoms with Gasteiger partial charge in [0.25, 0.3) is 0 Å². The largest absolute Gasteiger partial charge is 0.383 e. The summed E-state index contributed by atoms with van der Waals surface area (Å²) >= 11 is 0. The third kappa shape index (κ3) is 5.04. The van der Waals surface area contributed by atoms with E-state index in [0.717, 1.165) is 25.7 Å². The van der Waals surface area contributed by atoms with Gasteiger partial charge in [-0.1, -0.05) is 6.42 Å². The maximum Gasteiger partial charge on any atom is 0.226 e. The molecule has 1 aliphatic carbocycles. The zero-order valence-electron chi connectivity index (χ0n) is 13.1. The van der Waals surface area contributed by atoms with Gasteiger partial charge >= 0.3 is 0 Å². The van der Waals surface area contributed by atoms with Crippen molar-refractivity contribution in [3.63, 3.8) is 0 Å². The van der Waals surface area contributed by atoms with Gasteiger partial charge in [0.2, 0.25) is 5.91 Å². The zero-order chi connectivity index (χ0) is 15.0. The monoisotopic (exact) mass is 286 g/mol. The van der Waals surface area contributed by atoms with E-state index in [2.05, 4.69) is 0 Å². The first-order valence-electron chi connectivity index (χ1n) is 7.62. The molecular formula is C15H30N2O3. The Bertz CT molecular complexity index is 286. The molecule has 0 aromatic heterocycles. The molecule has 0 aromatic rings. The van der Waals surface area contributed by atoms with Crippen LogP contribution in [0, 0.1) is 11.8 Å². The van der Waals surface area contributed by atoms with E-state index < -0.39 is 0 Å². The van der Waals surface area contributed by atoms with Gasteiger partial charge in [-0.3, -0.25) is 4.79 Å². The predicted molar refractivity (Wildman–Crippen MR) is 79.4 cm³/mol. The number of ether oxygens (including phenoxy) is 2. The summed E-state index contributed by atoms with van der Waals surface area (Å²) in [6, 6.07) is 0.0842. The highest BCUT2D eigenvalue weighted by molar-refractivity contribution is 5.79. The highest BCUT2D eigenvalue weighted by atomic mass is 16.5. The first kappa shape index (κ1) is 17.4. The van der Waals surface area contributed by atoms with Crippen molar-refractivity contribution >= 4 is 5.91 Å². The SMILES string of the molecule is COCCN(C(=O)C1CCCC(CN)C1)C(C)COC. The molecule has 0 spiro atoms. The van der Waals surface area contributed by atoms with Crippen LogP contribution in [0.2, 0.25) is 0 Å². The number of carbonyl (C=O) groups excluding carboxylic acids is 1. The lowest BCUT2D eigenvalue weighted by atomic mass is 9.80. The Hall–Kier alpha value is -0.650. The normalized spacial score (nSPS) is 24.4. The zero-order valence-corrected chi connectivity index (χ0v) is 13.1. The topological polar surface area (TPSA) is 64.8 Å². The standard InChI is InChI=1S/C15H30N2O3/c1-12(11-20-3)17(7-8-19-2)15(18)14-6-4-5-13(9-14)10-16/h12-14H,4-11,16H2,1-3H3. The highest BCUT2D eigenvalue weighted by Crippen LogP contribution is 2.30. The predicted octanol–water partition coefficient (Wildman–Crippen LogP) is 1.26. The van der Waals surface area contributed by atoms with Gasteiger partial charge in [0.15, 0.2) is 0 Å². The molecule has 0 aromatic carbocycles. The van der Waals surface area contributed by atoms with Crippen LogP contribution in [0.25, 0.3) is 0 Å². The van der Waals surface area contributed by atoms with Gasteiger partial charge in [0.1, 0.15) is 0 Å². The lowest BCUT2D eigenvalue weighted by Crippen LogP contribution is -2.47. The minimum Gasteiger partial charge on any atom is -0.383 e. The molecule has 118 valence electrons. The molecule has 2 N–H and O–H groups in total. The number of nitrogens with zero attached hydrogens (tertiary/aromatic N) is 1. The van der Waals surface area contributed by atoms with Crippen LogP contribution in [0.15, 0.2) is 0 Å². The second kappa shape index (κ2) is 9.32. The van der Waals surface area contributed by atoms with Gasteiger partial charge < -0.3 is 20.1 Å². The van der Waals surface area contributed by atoms with Crippen molar-refractivity contribution in [3.05, 3.63) is 0 Å². The number of hydrogen-bond donors (Lipinski definition) is 1. The Morgan fingerprint density at radius 1 is 1.35 bits per heavy atom. The fourth-order valence-corrected chi connectivity index (χ4v) is 3.03. The van der Waals surface area contributed by atoms with Crippen LogP contribution in [-0.2, 0) is 14.3 Å². The van der Waals surface area contributed by atoms with Crippen molar-refractivity contribution in [1.29, 1.82) is 0 Å². The number of carbonyl (C=O) groups is 1. The number of methoxy groups -OCH3 is 2. The molecule has 0 aliphatic heterocycles. The van der Waals surface area contributed by atoms with Crippen molar-refractivity contribution < 1.29 is 14.3 Å². The lowest BCUT2D eigenvalue weighted by molar-refractivity contribution is -0.141. The van der Waals surface area contributed by atoms with Gasteiger partial charge in [-0.2, -0.15) is 0 Å². The first-order valence-corrected chi connectivity index (χ1v) is 7.62. The summed E-state index contributed by atoms with van der Waals surface area (Å²) in [5.74, 6) is 0.859. The van der Waals surface area contributed by atoms with Gasteiger partial charge in [0.05, 0.1) is 19.3 Å². The molecule has 1 rings (SSSR count). The van der Waals surface area contributed by atoms with Crippen molar-refractivity contribution in [2.75, 3.05) is 40.5 Å². The molecule has 5 nitrogen and oxygen atoms in total. The van der Waals surface area contributed by atoms with E-state index in [1.54, 1.807) is 14.2 Å². The van der Waals surface area contributed by atoms with E-state index in [0.29, 0.717) is 32.2 Å². The second-order valence-electron chi connectivity index (χ2n) is 5.79. The van der Waals surface area contributed by atoms with Gasteiger partial charge in [-0.15, -0.1) is 0 Å². The molecule has 3 atom stereocenters. The summed E-state index contributed by atoms with van der Waals surface area (Å²) in [6.07, 6.45) is 4.18. The van der Waals surface area contributed by atoms with Crippen LogP contribution >= 0.6 is 0 Å². The smallest absolute Gasteiger partial charge is 0.226 e. The van der Waals surface area contributed by atoms with Crippen molar-refractivity contribution in [1.82, 2.24) is 4.90 Å². The van der Waals surface area contributed by atoms with E-state index in [4.69, 9.17) is 15.2 Å². The van der Waals surface area contributed by atoms with E-state index >= 15 is 0 Å². The van der Waals surface area contributed by atoms with Crippen molar-refractivity contribution in [3.8, 4) is 0 Å². The Labute approximate surface area is 122 Å². The van der Waals surface area contributed by atoms with Crippen LogP contribution in [0.5, 0.6) is 0 Å². The van der Waals surface area contributed by atoms with E-state index in [1.165, 1.54) is 0 Å². The average Bonchev–Trinajstić information content (AvgIpc) is 2.47. The third-order valence-electron chi connectivity index (χ3n) is 4.22. The van der Waals surface area contributed by atoms with Gasteiger partial charge in [-0.25, -0.2) is 0 Å². The summed E-state index contributed by atoms with van der Waals surface area (Å²) in [5, 5.41) is 0. The van der Waals surface area contributed by atoms with E-state index in [9.17, 15) is 4.79 Å². The second-order valence-corrected chi connectivity index (χ2v) is 5.79. The number of hydrogen-bond acceptors (Lipinski definition) is 4. The number of amides is 1. The van der Waals surface area contributed by atoms with Crippen LogP contribution in [0.1, 0.15) is 32.6 Å². The first-order chi connectivity index (χ1) is 9.63. The molecule has 1 amide bonds. The Morgan fingerprint density at radius 3 is 2.70 bits per heavy atom. The molecule has 0 saturated heterocycles. The molecule has 1 aliphatic rings. The molecule has 0 heterocycles. The van der Waals surface area contributed by atoms with Crippen molar-refractivity contribution in [2.45, 2.75) is 38.6 Å². The highest BCUT2D eigenvalue weighted by Gasteiger charge is 2.31. The van der Waals surface area contributed by atoms with E-state index in [1.807, 2.05) is 11.8 Å². The quantitative estimate of drug-likeness (QED) is 0.729. The minimum absolute atomic E-state index is 0.0842. The van der Waals surface area contributed by atoms with Crippen LogP contribution in [0.4, 0.5) is 0 Å². The van der Waals surface area contributed by atoms with Crippen LogP contribution in [0.3, 0.4) is 0 Å². The molecule has 0 bridgehead atoms. The molecule has 5 heteroatoms. The Morgan fingerprint density at radius 2 is 2.10 bits per heavy atom. The van der Waals surface area contributed by atoms with Gasteiger partial charge in [0, 0.05) is 26.7 Å². The molecule has 1 saturated carbocycles. The summed E-state index contributed by atoms with van der Waals surface area (Å²) in [4.78, 5) is 14.7. The lowest BCUT2D eigenvalue weighted by Gasteiger charge is -2.35.